The zero-order chi connectivity index (χ0) is 18.6. The average Bonchev–Trinajstić information content (AvgIpc) is 2.94. The summed E-state index contributed by atoms with van der Waals surface area (Å²) in [6.07, 6.45) is 4.48. The molecule has 1 atom stereocenters. The van der Waals surface area contributed by atoms with Gasteiger partial charge in [-0.3, -0.25) is 14.5 Å². The zero-order valence-corrected chi connectivity index (χ0v) is 15.2. The fourth-order valence-electron chi connectivity index (χ4n) is 3.61. The predicted octanol–water partition coefficient (Wildman–Crippen LogP) is 3.82. The number of fused-ring (bicyclic) bond motifs is 1. The molecule has 4 rings (SSSR count). The Morgan fingerprint density at radius 1 is 1.00 bits per heavy atom. The average molecular weight is 365 g/mol. The molecule has 140 valence electrons. The zero-order valence-electron chi connectivity index (χ0n) is 15.2. The molecule has 2 aromatic carbocycles. The van der Waals surface area contributed by atoms with Gasteiger partial charge in [-0.2, -0.15) is 0 Å². The van der Waals surface area contributed by atoms with Crippen molar-refractivity contribution < 1.29 is 19.1 Å². The molecule has 2 aliphatic heterocycles. The second-order valence-corrected chi connectivity index (χ2v) is 6.97. The number of aryl methyl sites for hydroxylation is 1. The summed E-state index contributed by atoms with van der Waals surface area (Å²) in [4.78, 5) is 26.1. The summed E-state index contributed by atoms with van der Waals surface area (Å²) in [6, 6.07) is 15.0. The normalized spacial score (nSPS) is 19.3. The van der Waals surface area contributed by atoms with Gasteiger partial charge in [-0.1, -0.05) is 24.3 Å². The van der Waals surface area contributed by atoms with Gasteiger partial charge in [-0.05, 0) is 55.5 Å². The number of carbonyl (C=O) groups is 2. The Morgan fingerprint density at radius 2 is 1.78 bits per heavy atom. The maximum Gasteiger partial charge on any atom is 0.261 e. The van der Waals surface area contributed by atoms with E-state index in [1.54, 1.807) is 24.3 Å². The van der Waals surface area contributed by atoms with Crippen LogP contribution in [0, 0.1) is 0 Å². The highest BCUT2D eigenvalue weighted by Crippen LogP contribution is 2.24. The van der Waals surface area contributed by atoms with Crippen LogP contribution in [0.5, 0.6) is 5.75 Å². The number of ether oxygens (including phenoxy) is 2. The summed E-state index contributed by atoms with van der Waals surface area (Å²) < 4.78 is 11.5. The van der Waals surface area contributed by atoms with Crippen molar-refractivity contribution in [2.75, 3.05) is 13.2 Å². The third-order valence-corrected chi connectivity index (χ3v) is 5.03. The Morgan fingerprint density at radius 3 is 2.48 bits per heavy atom. The Bertz CT molecular complexity index is 807. The standard InChI is InChI=1S/C22H23NO4/c24-21-18-10-1-2-11-19(18)22(25)23(21)13-6-8-16-7-5-9-17(15-16)27-20-12-3-4-14-26-20/h1-2,5,7,9-11,15,20H,3-4,6,8,12-14H2. The lowest BCUT2D eigenvalue weighted by Gasteiger charge is -2.23. The molecule has 5 heteroatoms. The van der Waals surface area contributed by atoms with Crippen molar-refractivity contribution in [3.63, 3.8) is 0 Å². The van der Waals surface area contributed by atoms with Gasteiger partial charge in [0.15, 0.2) is 6.29 Å². The lowest BCUT2D eigenvalue weighted by Crippen LogP contribution is -2.30. The predicted molar refractivity (Wildman–Crippen MR) is 101 cm³/mol. The summed E-state index contributed by atoms with van der Waals surface area (Å²) >= 11 is 0. The van der Waals surface area contributed by atoms with Crippen molar-refractivity contribution in [1.29, 1.82) is 0 Å². The van der Waals surface area contributed by atoms with Crippen molar-refractivity contribution in [2.45, 2.75) is 38.4 Å². The highest BCUT2D eigenvalue weighted by atomic mass is 16.7. The van der Waals surface area contributed by atoms with E-state index in [0.29, 0.717) is 17.7 Å². The van der Waals surface area contributed by atoms with Crippen molar-refractivity contribution in [3.05, 3.63) is 65.2 Å². The van der Waals surface area contributed by atoms with Gasteiger partial charge in [0.05, 0.1) is 17.7 Å². The fourth-order valence-corrected chi connectivity index (χ4v) is 3.61. The van der Waals surface area contributed by atoms with Gasteiger partial charge in [0.25, 0.3) is 11.8 Å². The summed E-state index contributed by atoms with van der Waals surface area (Å²) in [5.74, 6) is 0.421. The van der Waals surface area contributed by atoms with Crippen LogP contribution in [-0.4, -0.2) is 36.2 Å². The van der Waals surface area contributed by atoms with E-state index in [9.17, 15) is 9.59 Å². The molecule has 27 heavy (non-hydrogen) atoms. The summed E-state index contributed by atoms with van der Waals surface area (Å²) in [6.45, 7) is 1.17. The van der Waals surface area contributed by atoms with E-state index >= 15 is 0 Å². The minimum absolute atomic E-state index is 0.160. The number of hydrogen-bond acceptors (Lipinski definition) is 4. The first-order chi connectivity index (χ1) is 13.2. The van der Waals surface area contributed by atoms with Crippen LogP contribution in [0.15, 0.2) is 48.5 Å². The first-order valence-electron chi connectivity index (χ1n) is 9.55. The number of rotatable bonds is 6. The van der Waals surface area contributed by atoms with Crippen LogP contribution < -0.4 is 4.74 Å². The largest absolute Gasteiger partial charge is 0.465 e. The smallest absolute Gasteiger partial charge is 0.261 e. The van der Waals surface area contributed by atoms with Crippen molar-refractivity contribution in [2.24, 2.45) is 0 Å². The topological polar surface area (TPSA) is 55.8 Å². The van der Waals surface area contributed by atoms with E-state index in [1.807, 2.05) is 24.3 Å². The monoisotopic (exact) mass is 365 g/mol. The van der Waals surface area contributed by atoms with Gasteiger partial charge in [0, 0.05) is 13.0 Å². The van der Waals surface area contributed by atoms with Gasteiger partial charge in [0.2, 0.25) is 0 Å². The molecule has 5 nitrogen and oxygen atoms in total. The molecule has 2 aromatic rings. The number of nitrogens with zero attached hydrogens (tertiary/aromatic N) is 1. The van der Waals surface area contributed by atoms with Crippen molar-refractivity contribution in [1.82, 2.24) is 4.90 Å². The molecule has 0 radical (unpaired) electrons. The number of benzene rings is 2. The van der Waals surface area contributed by atoms with Gasteiger partial charge < -0.3 is 9.47 Å². The molecular weight excluding hydrogens is 342 g/mol. The molecule has 2 heterocycles. The molecule has 0 aliphatic carbocycles. The lowest BCUT2D eigenvalue weighted by molar-refractivity contribution is -0.105. The number of hydrogen-bond donors (Lipinski definition) is 0. The lowest BCUT2D eigenvalue weighted by atomic mass is 10.1. The molecule has 1 fully saturated rings. The minimum atomic E-state index is -0.192. The Balaban J connectivity index is 1.32. The third-order valence-electron chi connectivity index (χ3n) is 5.03. The van der Waals surface area contributed by atoms with E-state index < -0.39 is 0 Å². The van der Waals surface area contributed by atoms with Crippen LogP contribution in [0.25, 0.3) is 0 Å². The molecule has 0 bridgehead atoms. The van der Waals surface area contributed by atoms with E-state index in [2.05, 4.69) is 0 Å². The molecule has 1 saturated heterocycles. The minimum Gasteiger partial charge on any atom is -0.465 e. The summed E-state index contributed by atoms with van der Waals surface area (Å²) in [5, 5.41) is 0. The van der Waals surface area contributed by atoms with Gasteiger partial charge in [0.1, 0.15) is 5.75 Å². The second-order valence-electron chi connectivity index (χ2n) is 6.97. The van der Waals surface area contributed by atoms with Crippen molar-refractivity contribution in [3.8, 4) is 5.75 Å². The first kappa shape index (κ1) is 17.7. The Hall–Kier alpha value is -2.66. The van der Waals surface area contributed by atoms with Crippen LogP contribution in [0.2, 0.25) is 0 Å². The molecule has 2 aliphatic rings. The Kier molecular flexibility index (Phi) is 5.21. The molecule has 1 unspecified atom stereocenters. The van der Waals surface area contributed by atoms with Gasteiger partial charge in [-0.25, -0.2) is 0 Å². The maximum absolute atomic E-state index is 12.4. The van der Waals surface area contributed by atoms with Crippen molar-refractivity contribution >= 4 is 11.8 Å². The quantitative estimate of drug-likeness (QED) is 0.730. The maximum atomic E-state index is 12.4. The van der Waals surface area contributed by atoms with Gasteiger partial charge in [-0.15, -0.1) is 0 Å². The molecular formula is C22H23NO4. The van der Waals surface area contributed by atoms with E-state index in [4.69, 9.17) is 9.47 Å². The summed E-state index contributed by atoms with van der Waals surface area (Å²) in [7, 11) is 0. The van der Waals surface area contributed by atoms with E-state index in [1.165, 1.54) is 4.90 Å². The fraction of sp³-hybridized carbons (Fsp3) is 0.364. The van der Waals surface area contributed by atoms with E-state index in [0.717, 1.165) is 50.0 Å². The van der Waals surface area contributed by atoms with Crippen LogP contribution >= 0.6 is 0 Å². The van der Waals surface area contributed by atoms with E-state index in [-0.39, 0.29) is 18.1 Å². The van der Waals surface area contributed by atoms with Crippen LogP contribution in [0.1, 0.15) is 52.0 Å². The SMILES string of the molecule is O=C1c2ccccc2C(=O)N1CCCc1cccc(OC2CCCCO2)c1. The Labute approximate surface area is 158 Å². The number of amides is 2. The van der Waals surface area contributed by atoms with Crippen LogP contribution in [0.3, 0.4) is 0 Å². The molecule has 0 saturated carbocycles. The summed E-state index contributed by atoms with van der Waals surface area (Å²) in [5.41, 5.74) is 2.13. The number of carbonyl (C=O) groups excluding carboxylic acids is 2. The van der Waals surface area contributed by atoms with Crippen LogP contribution in [-0.2, 0) is 11.2 Å². The van der Waals surface area contributed by atoms with Crippen LogP contribution in [0.4, 0.5) is 0 Å². The third kappa shape index (κ3) is 3.88. The second kappa shape index (κ2) is 7.92. The molecule has 0 aromatic heterocycles. The molecule has 2 amide bonds. The van der Waals surface area contributed by atoms with Gasteiger partial charge >= 0.3 is 0 Å². The number of imide groups is 1. The first-order valence-corrected chi connectivity index (χ1v) is 9.55. The highest BCUT2D eigenvalue weighted by molar-refractivity contribution is 6.21. The molecule has 0 N–H and O–H groups in total. The highest BCUT2D eigenvalue weighted by Gasteiger charge is 2.34. The molecule has 0 spiro atoms.